The number of aryl methyl sites for hydroxylation is 1. The summed E-state index contributed by atoms with van der Waals surface area (Å²) in [5.41, 5.74) is 2.75. The van der Waals surface area contributed by atoms with Gasteiger partial charge in [-0.05, 0) is 66.1 Å². The number of halogens is 1. The average Bonchev–Trinajstić information content (AvgIpc) is 2.35. The van der Waals surface area contributed by atoms with Gasteiger partial charge in [0.25, 0.3) is 0 Å². The fourth-order valence-corrected chi connectivity index (χ4v) is 3.22. The number of hydrogen-bond donors (Lipinski definition) is 1. The molecule has 0 bridgehead atoms. The van der Waals surface area contributed by atoms with Crippen molar-refractivity contribution >= 4 is 28.3 Å². The molecule has 1 aliphatic heterocycles. The smallest absolute Gasteiger partial charge is 0.0377 e. The second-order valence-electron chi connectivity index (χ2n) is 5.31. The summed E-state index contributed by atoms with van der Waals surface area (Å²) in [5.74, 6) is 0.720. The summed E-state index contributed by atoms with van der Waals surface area (Å²) in [6.45, 7) is 10.1. The van der Waals surface area contributed by atoms with Gasteiger partial charge in [0.2, 0.25) is 0 Å². The first-order valence-corrected chi connectivity index (χ1v) is 7.94. The van der Waals surface area contributed by atoms with Gasteiger partial charge in [0.15, 0.2) is 0 Å². The molecule has 0 saturated carbocycles. The highest BCUT2D eigenvalue weighted by atomic mass is 127. The lowest BCUT2D eigenvalue weighted by Crippen LogP contribution is -2.48. The van der Waals surface area contributed by atoms with Gasteiger partial charge in [-0.25, -0.2) is 0 Å². The molecule has 1 fully saturated rings. The Morgan fingerprint density at radius 3 is 2.83 bits per heavy atom. The highest BCUT2D eigenvalue weighted by Gasteiger charge is 2.25. The predicted molar refractivity (Wildman–Crippen MR) is 87.4 cm³/mol. The van der Waals surface area contributed by atoms with Gasteiger partial charge < -0.3 is 10.2 Å². The molecule has 3 heteroatoms. The van der Waals surface area contributed by atoms with E-state index in [0.717, 1.165) is 19.0 Å². The minimum Gasteiger partial charge on any atom is -0.371 e. The van der Waals surface area contributed by atoms with Gasteiger partial charge in [0, 0.05) is 28.4 Å². The Balaban J connectivity index is 2.05. The maximum absolute atomic E-state index is 3.60. The van der Waals surface area contributed by atoms with Crippen LogP contribution in [0.25, 0.3) is 0 Å². The topological polar surface area (TPSA) is 15.3 Å². The van der Waals surface area contributed by atoms with E-state index in [2.05, 4.69) is 71.8 Å². The Labute approximate surface area is 124 Å². The van der Waals surface area contributed by atoms with Crippen LogP contribution in [-0.4, -0.2) is 25.7 Å². The second-order valence-corrected chi connectivity index (χ2v) is 6.47. The summed E-state index contributed by atoms with van der Waals surface area (Å²) in [7, 11) is 0. The fourth-order valence-electron chi connectivity index (χ4n) is 2.72. The summed E-state index contributed by atoms with van der Waals surface area (Å²) in [5, 5.41) is 3.60. The average molecular weight is 358 g/mol. The first kappa shape index (κ1) is 14.1. The maximum atomic E-state index is 3.60. The van der Waals surface area contributed by atoms with Crippen molar-refractivity contribution in [1.82, 2.24) is 5.32 Å². The molecule has 1 N–H and O–H groups in total. The quantitative estimate of drug-likeness (QED) is 0.833. The Bertz CT molecular complexity index is 405. The summed E-state index contributed by atoms with van der Waals surface area (Å²) in [6.07, 6.45) is 1.25. The van der Waals surface area contributed by atoms with Crippen LogP contribution < -0.4 is 10.2 Å². The molecule has 1 saturated heterocycles. The van der Waals surface area contributed by atoms with Crippen LogP contribution in [0.15, 0.2) is 18.2 Å². The molecule has 0 spiro atoms. The van der Waals surface area contributed by atoms with Gasteiger partial charge in [-0.1, -0.05) is 19.9 Å². The summed E-state index contributed by atoms with van der Waals surface area (Å²) >= 11 is 2.43. The number of rotatable bonds is 3. The van der Waals surface area contributed by atoms with Crippen molar-refractivity contribution in [3.8, 4) is 0 Å². The van der Waals surface area contributed by atoms with Gasteiger partial charge >= 0.3 is 0 Å². The second kappa shape index (κ2) is 6.24. The van der Waals surface area contributed by atoms with E-state index in [4.69, 9.17) is 0 Å². The van der Waals surface area contributed by atoms with Crippen LogP contribution in [0, 0.1) is 16.4 Å². The van der Waals surface area contributed by atoms with Gasteiger partial charge in [-0.3, -0.25) is 0 Å². The third-order valence-corrected chi connectivity index (χ3v) is 5.05. The Hall–Kier alpha value is -0.290. The van der Waals surface area contributed by atoms with Gasteiger partial charge in [0.1, 0.15) is 0 Å². The molecule has 0 aliphatic carbocycles. The van der Waals surface area contributed by atoms with Crippen LogP contribution in [0.3, 0.4) is 0 Å². The molecule has 1 aromatic carbocycles. The zero-order valence-corrected chi connectivity index (χ0v) is 13.7. The van der Waals surface area contributed by atoms with E-state index in [1.54, 1.807) is 0 Å². The highest BCUT2D eigenvalue weighted by molar-refractivity contribution is 14.1. The first-order valence-electron chi connectivity index (χ1n) is 6.86. The summed E-state index contributed by atoms with van der Waals surface area (Å²) in [4.78, 5) is 2.53. The van der Waals surface area contributed by atoms with E-state index in [1.165, 1.54) is 27.8 Å². The molecule has 1 aromatic rings. The van der Waals surface area contributed by atoms with E-state index < -0.39 is 0 Å². The van der Waals surface area contributed by atoms with Gasteiger partial charge in [-0.15, -0.1) is 0 Å². The SMILES string of the molecule is CCNC1CCN(c2ccc(C)c(I)c2)CC1C. The monoisotopic (exact) mass is 358 g/mol. The Kier molecular flexibility index (Phi) is 4.90. The zero-order chi connectivity index (χ0) is 13.1. The van der Waals surface area contributed by atoms with Crippen molar-refractivity contribution in [3.05, 3.63) is 27.3 Å². The molecule has 2 unspecified atom stereocenters. The summed E-state index contributed by atoms with van der Waals surface area (Å²) < 4.78 is 1.37. The van der Waals surface area contributed by atoms with E-state index in [9.17, 15) is 0 Å². The molecule has 100 valence electrons. The van der Waals surface area contributed by atoms with Crippen molar-refractivity contribution < 1.29 is 0 Å². The molecule has 2 rings (SSSR count). The predicted octanol–water partition coefficient (Wildman–Crippen LogP) is 3.42. The molecular formula is C15H23IN2. The molecule has 0 aromatic heterocycles. The van der Waals surface area contributed by atoms with Crippen molar-refractivity contribution in [2.24, 2.45) is 5.92 Å². The van der Waals surface area contributed by atoms with Crippen molar-refractivity contribution in [2.45, 2.75) is 33.2 Å². The fraction of sp³-hybridized carbons (Fsp3) is 0.600. The van der Waals surface area contributed by atoms with Crippen LogP contribution in [0.5, 0.6) is 0 Å². The molecule has 0 amide bonds. The number of hydrogen-bond acceptors (Lipinski definition) is 2. The molecule has 18 heavy (non-hydrogen) atoms. The minimum absolute atomic E-state index is 0.691. The van der Waals surface area contributed by atoms with E-state index in [-0.39, 0.29) is 0 Å². The largest absolute Gasteiger partial charge is 0.371 e. The Morgan fingerprint density at radius 2 is 2.22 bits per heavy atom. The van der Waals surface area contributed by atoms with Crippen LogP contribution in [-0.2, 0) is 0 Å². The number of nitrogens with zero attached hydrogens (tertiary/aromatic N) is 1. The first-order chi connectivity index (χ1) is 8.61. The van der Waals surface area contributed by atoms with Crippen molar-refractivity contribution in [3.63, 3.8) is 0 Å². The number of nitrogens with one attached hydrogen (secondary N) is 1. The third-order valence-electron chi connectivity index (χ3n) is 3.89. The minimum atomic E-state index is 0.691. The molecule has 2 nitrogen and oxygen atoms in total. The van der Waals surface area contributed by atoms with Crippen LogP contribution in [0.2, 0.25) is 0 Å². The molecule has 1 aliphatic rings. The van der Waals surface area contributed by atoms with Gasteiger partial charge in [0.05, 0.1) is 0 Å². The van der Waals surface area contributed by atoms with E-state index >= 15 is 0 Å². The lowest BCUT2D eigenvalue weighted by molar-refractivity contribution is 0.327. The van der Waals surface area contributed by atoms with Crippen LogP contribution in [0.4, 0.5) is 5.69 Å². The third kappa shape index (κ3) is 3.18. The van der Waals surface area contributed by atoms with Crippen molar-refractivity contribution in [2.75, 3.05) is 24.5 Å². The molecular weight excluding hydrogens is 335 g/mol. The molecule has 2 atom stereocenters. The maximum Gasteiger partial charge on any atom is 0.0377 e. The number of piperidine rings is 1. The number of benzene rings is 1. The zero-order valence-electron chi connectivity index (χ0n) is 11.5. The van der Waals surface area contributed by atoms with Gasteiger partial charge in [-0.2, -0.15) is 0 Å². The standard InChI is InChI=1S/C15H23IN2/c1-4-17-15-7-8-18(10-12(15)3)13-6-5-11(2)14(16)9-13/h5-6,9,12,15,17H,4,7-8,10H2,1-3H3. The Morgan fingerprint density at radius 1 is 1.44 bits per heavy atom. The van der Waals surface area contributed by atoms with Crippen molar-refractivity contribution in [1.29, 1.82) is 0 Å². The lowest BCUT2D eigenvalue weighted by Gasteiger charge is -2.38. The lowest BCUT2D eigenvalue weighted by atomic mass is 9.93. The summed E-state index contributed by atoms with van der Waals surface area (Å²) in [6, 6.07) is 7.50. The molecule has 1 heterocycles. The van der Waals surface area contributed by atoms with Crippen LogP contribution >= 0.6 is 22.6 Å². The molecule has 0 radical (unpaired) electrons. The van der Waals surface area contributed by atoms with E-state index in [0.29, 0.717) is 6.04 Å². The normalized spacial score (nSPS) is 24.3. The highest BCUT2D eigenvalue weighted by Crippen LogP contribution is 2.26. The number of anilines is 1. The van der Waals surface area contributed by atoms with E-state index in [1.807, 2.05) is 0 Å². The van der Waals surface area contributed by atoms with Crippen LogP contribution in [0.1, 0.15) is 25.8 Å².